The molecule has 0 N–H and O–H groups in total. The summed E-state index contributed by atoms with van der Waals surface area (Å²) < 4.78 is 8.38. The van der Waals surface area contributed by atoms with Gasteiger partial charge in [-0.1, -0.05) is 53.8 Å². The Morgan fingerprint density at radius 1 is 1.09 bits per heavy atom. The number of carbonyl (C=O) groups is 1. The van der Waals surface area contributed by atoms with Crippen LogP contribution in [0.15, 0.2) is 54.6 Å². The minimum Gasteiger partial charge on any atom is -1.00 e. The zero-order valence-corrected chi connectivity index (χ0v) is 15.3. The number of fused-ring (bicyclic) bond motifs is 1. The molecular weight excluding hydrogens is 374 g/mol. The fourth-order valence-electron chi connectivity index (χ4n) is 2.49. The fraction of sp³-hybridized carbons (Fsp3) is 0.222. The van der Waals surface area contributed by atoms with Crippen molar-refractivity contribution in [2.45, 2.75) is 19.9 Å². The molecule has 0 saturated heterocycles. The Labute approximate surface area is 150 Å². The number of nitrogens with zero attached hydrogens (tertiary/aromatic N) is 1. The summed E-state index contributed by atoms with van der Waals surface area (Å²) in [5, 5.41) is 1.17. The van der Waals surface area contributed by atoms with E-state index in [1.807, 2.05) is 37.3 Å². The number of esters is 1. The zero-order valence-electron chi connectivity index (χ0n) is 12.9. The third kappa shape index (κ3) is 4.18. The number of thiazole rings is 1. The van der Waals surface area contributed by atoms with Gasteiger partial charge in [0.2, 0.25) is 17.1 Å². The van der Waals surface area contributed by atoms with Crippen molar-refractivity contribution in [3.63, 3.8) is 0 Å². The summed E-state index contributed by atoms with van der Waals surface area (Å²) in [5.41, 5.74) is 2.33. The van der Waals surface area contributed by atoms with Crippen molar-refractivity contribution < 1.29 is 31.1 Å². The predicted molar refractivity (Wildman–Crippen MR) is 87.9 cm³/mol. The van der Waals surface area contributed by atoms with Crippen molar-refractivity contribution in [2.24, 2.45) is 0 Å². The normalized spacial score (nSPS) is 10.3. The van der Waals surface area contributed by atoms with Crippen LogP contribution in [0.25, 0.3) is 10.2 Å². The van der Waals surface area contributed by atoms with E-state index in [4.69, 9.17) is 4.74 Å². The Hall–Kier alpha value is -1.72. The minimum atomic E-state index is -0.189. The molecule has 3 rings (SSSR count). The summed E-state index contributed by atoms with van der Waals surface area (Å²) in [4.78, 5) is 11.9. The molecule has 0 radical (unpaired) electrons. The van der Waals surface area contributed by atoms with Gasteiger partial charge in [-0.25, -0.2) is 4.79 Å². The van der Waals surface area contributed by atoms with Crippen molar-refractivity contribution in [3.8, 4) is 0 Å². The van der Waals surface area contributed by atoms with Crippen LogP contribution >= 0.6 is 11.3 Å². The first-order valence-electron chi connectivity index (χ1n) is 7.37. The van der Waals surface area contributed by atoms with E-state index >= 15 is 0 Å². The van der Waals surface area contributed by atoms with Gasteiger partial charge in [-0.3, -0.25) is 0 Å². The summed E-state index contributed by atoms with van der Waals surface area (Å²) >= 11 is 1.73. The highest BCUT2D eigenvalue weighted by molar-refractivity contribution is 7.18. The SMILES string of the molecule is CCOC(=O)C[n+]1c(Cc2ccccc2)sc2ccccc21.[Br-]. The lowest BCUT2D eigenvalue weighted by Gasteiger charge is -2.01. The lowest BCUT2D eigenvalue weighted by molar-refractivity contribution is -0.662. The molecule has 0 aliphatic rings. The molecule has 0 unspecified atom stereocenters. The van der Waals surface area contributed by atoms with E-state index in [0.29, 0.717) is 6.61 Å². The molecule has 3 aromatic rings. The summed E-state index contributed by atoms with van der Waals surface area (Å²) in [6.07, 6.45) is 0.819. The van der Waals surface area contributed by atoms with Gasteiger partial charge in [-0.2, -0.15) is 4.57 Å². The summed E-state index contributed by atoms with van der Waals surface area (Å²) in [5.74, 6) is -0.189. The molecule has 0 fully saturated rings. The van der Waals surface area contributed by atoms with Crippen LogP contribution in [0.3, 0.4) is 0 Å². The number of hydrogen-bond acceptors (Lipinski definition) is 3. The molecule has 0 spiro atoms. The number of carbonyl (C=O) groups excluding carboxylic acids is 1. The molecule has 3 nitrogen and oxygen atoms in total. The van der Waals surface area contributed by atoms with Crippen molar-refractivity contribution in [3.05, 3.63) is 65.2 Å². The third-order valence-electron chi connectivity index (χ3n) is 3.48. The molecule has 120 valence electrons. The Morgan fingerprint density at radius 3 is 2.52 bits per heavy atom. The molecule has 0 atom stereocenters. The molecule has 23 heavy (non-hydrogen) atoms. The molecule has 1 heterocycles. The van der Waals surface area contributed by atoms with Gasteiger partial charge in [-0.05, 0) is 18.6 Å². The number of rotatable bonds is 5. The average Bonchev–Trinajstić information content (AvgIpc) is 2.86. The van der Waals surface area contributed by atoms with E-state index in [-0.39, 0.29) is 29.5 Å². The van der Waals surface area contributed by atoms with E-state index in [1.54, 1.807) is 11.3 Å². The first-order valence-corrected chi connectivity index (χ1v) is 8.19. The number of ether oxygens (including phenoxy) is 1. The second kappa shape index (κ2) is 8.22. The van der Waals surface area contributed by atoms with E-state index in [9.17, 15) is 4.79 Å². The zero-order chi connectivity index (χ0) is 15.4. The smallest absolute Gasteiger partial charge is 0.372 e. The van der Waals surface area contributed by atoms with Crippen molar-refractivity contribution in [2.75, 3.05) is 6.61 Å². The highest BCUT2D eigenvalue weighted by Gasteiger charge is 2.23. The number of benzene rings is 2. The van der Waals surface area contributed by atoms with Crippen LogP contribution < -0.4 is 21.5 Å². The maximum Gasteiger partial charge on any atom is 0.372 e. The van der Waals surface area contributed by atoms with Crippen LogP contribution in [0.1, 0.15) is 17.5 Å². The van der Waals surface area contributed by atoms with Gasteiger partial charge < -0.3 is 21.7 Å². The van der Waals surface area contributed by atoms with Crippen LogP contribution in [0, 0.1) is 0 Å². The Morgan fingerprint density at radius 2 is 1.78 bits per heavy atom. The molecule has 0 bridgehead atoms. The van der Waals surface area contributed by atoms with Crippen molar-refractivity contribution in [1.29, 1.82) is 0 Å². The number of aromatic nitrogens is 1. The van der Waals surface area contributed by atoms with Crippen molar-refractivity contribution >= 4 is 27.5 Å². The van der Waals surface area contributed by atoms with Gasteiger partial charge in [0.15, 0.2) is 0 Å². The average molecular weight is 392 g/mol. The molecule has 0 aliphatic heterocycles. The number of para-hydroxylation sites is 1. The summed E-state index contributed by atoms with van der Waals surface area (Å²) in [6, 6.07) is 18.5. The number of halogens is 1. The molecule has 1 aromatic heterocycles. The van der Waals surface area contributed by atoms with Gasteiger partial charge in [0.05, 0.1) is 13.0 Å². The van der Waals surface area contributed by atoms with E-state index in [0.717, 1.165) is 11.9 Å². The number of hydrogen-bond donors (Lipinski definition) is 0. The molecule has 0 amide bonds. The Balaban J connectivity index is 0.00000192. The largest absolute Gasteiger partial charge is 1.00 e. The van der Waals surface area contributed by atoms with Crippen LogP contribution in [-0.4, -0.2) is 12.6 Å². The quantitative estimate of drug-likeness (QED) is 0.463. The maximum atomic E-state index is 11.9. The maximum absolute atomic E-state index is 11.9. The molecule has 0 aliphatic carbocycles. The van der Waals surface area contributed by atoms with Gasteiger partial charge in [0.25, 0.3) is 0 Å². The highest BCUT2D eigenvalue weighted by Crippen LogP contribution is 2.22. The van der Waals surface area contributed by atoms with Crippen LogP contribution in [0.2, 0.25) is 0 Å². The molecule has 0 saturated carbocycles. The minimum absolute atomic E-state index is 0. The van der Waals surface area contributed by atoms with Gasteiger partial charge in [0, 0.05) is 6.07 Å². The topological polar surface area (TPSA) is 30.2 Å². The second-order valence-corrected chi connectivity index (χ2v) is 6.13. The summed E-state index contributed by atoms with van der Waals surface area (Å²) in [7, 11) is 0. The first kappa shape index (κ1) is 17.6. The van der Waals surface area contributed by atoms with E-state index in [2.05, 4.69) is 28.8 Å². The second-order valence-electron chi connectivity index (χ2n) is 5.02. The van der Waals surface area contributed by atoms with Crippen LogP contribution in [0.4, 0.5) is 0 Å². The standard InChI is InChI=1S/C18H18NO2S.BrH/c1-2-21-18(20)13-19-15-10-6-7-11-16(15)22-17(19)12-14-8-4-3-5-9-14;/h3-11H,2,12-13H2,1H3;1H/q+1;/p-1. The van der Waals surface area contributed by atoms with Crippen LogP contribution in [-0.2, 0) is 22.5 Å². The Bertz CT molecular complexity index is 786. The van der Waals surface area contributed by atoms with Gasteiger partial charge >= 0.3 is 5.97 Å². The monoisotopic (exact) mass is 391 g/mol. The summed E-state index contributed by atoms with van der Waals surface area (Å²) in [6.45, 7) is 2.51. The molecule has 2 aromatic carbocycles. The molecular formula is C18H18BrNO2S. The van der Waals surface area contributed by atoms with Gasteiger partial charge in [-0.15, -0.1) is 0 Å². The first-order chi connectivity index (χ1) is 10.8. The predicted octanol–water partition coefficient (Wildman–Crippen LogP) is 0.347. The van der Waals surface area contributed by atoms with E-state index in [1.165, 1.54) is 15.3 Å². The van der Waals surface area contributed by atoms with Crippen LogP contribution in [0.5, 0.6) is 0 Å². The highest BCUT2D eigenvalue weighted by atomic mass is 79.9. The Kier molecular flexibility index (Phi) is 6.30. The lowest BCUT2D eigenvalue weighted by atomic mass is 10.1. The third-order valence-corrected chi connectivity index (χ3v) is 4.64. The van der Waals surface area contributed by atoms with Crippen molar-refractivity contribution in [1.82, 2.24) is 0 Å². The lowest BCUT2D eigenvalue weighted by Crippen LogP contribution is -3.00. The molecule has 5 heteroatoms. The van der Waals surface area contributed by atoms with Gasteiger partial charge in [0.1, 0.15) is 4.70 Å². The fourth-order valence-corrected chi connectivity index (χ4v) is 3.69. The van der Waals surface area contributed by atoms with E-state index < -0.39 is 0 Å².